The molecular formula is C19H27N3O4. The first-order valence-corrected chi connectivity index (χ1v) is 8.96. The number of nitrogens with two attached hydrogens (primary N) is 1. The van der Waals surface area contributed by atoms with E-state index in [1.165, 1.54) is 0 Å². The van der Waals surface area contributed by atoms with E-state index >= 15 is 0 Å². The lowest BCUT2D eigenvalue weighted by atomic mass is 9.97. The van der Waals surface area contributed by atoms with Gasteiger partial charge in [-0.1, -0.05) is 30.3 Å². The first kappa shape index (κ1) is 19.8. The quantitative estimate of drug-likeness (QED) is 0.751. The summed E-state index contributed by atoms with van der Waals surface area (Å²) < 4.78 is 5.19. The Morgan fingerprint density at radius 3 is 2.38 bits per heavy atom. The maximum atomic E-state index is 12.5. The molecule has 0 aromatic heterocycles. The van der Waals surface area contributed by atoms with Crippen LogP contribution in [0.15, 0.2) is 30.3 Å². The highest BCUT2D eigenvalue weighted by Gasteiger charge is 2.30. The number of hydrogen-bond acceptors (Lipinski definition) is 4. The number of nitrogens with zero attached hydrogens (tertiary/aromatic N) is 1. The number of ether oxygens (including phenoxy) is 1. The molecule has 1 heterocycles. The topological polar surface area (TPSA) is 102 Å². The first-order chi connectivity index (χ1) is 12.4. The van der Waals surface area contributed by atoms with Gasteiger partial charge >= 0.3 is 12.0 Å². The summed E-state index contributed by atoms with van der Waals surface area (Å²) >= 11 is 0. The Bertz CT molecular complexity index is 625. The van der Waals surface area contributed by atoms with Crippen LogP contribution >= 0.6 is 0 Å². The van der Waals surface area contributed by atoms with E-state index in [0.29, 0.717) is 0 Å². The van der Waals surface area contributed by atoms with Crippen LogP contribution < -0.4 is 11.1 Å². The Morgan fingerprint density at radius 1 is 1.19 bits per heavy atom. The van der Waals surface area contributed by atoms with E-state index in [1.54, 1.807) is 4.90 Å². The predicted molar refractivity (Wildman–Crippen MR) is 97.2 cm³/mol. The number of nitrogens with one attached hydrogen (secondary N) is 1. The van der Waals surface area contributed by atoms with E-state index in [2.05, 4.69) is 5.32 Å². The summed E-state index contributed by atoms with van der Waals surface area (Å²) in [5, 5.41) is 2.39. The molecule has 2 rings (SSSR count). The Labute approximate surface area is 153 Å². The van der Waals surface area contributed by atoms with Gasteiger partial charge < -0.3 is 20.7 Å². The summed E-state index contributed by atoms with van der Waals surface area (Å²) in [4.78, 5) is 37.8. The third-order valence-electron chi connectivity index (χ3n) is 4.70. The number of esters is 1. The SMILES string of the molecule is C[C@H]1CCC[C@H](C)N1C(=O)COC(=O)[C@H](Cc1ccccc1)NC(N)=O. The Kier molecular flexibility index (Phi) is 7.00. The normalized spacial score (nSPS) is 20.9. The molecule has 1 aliphatic heterocycles. The number of primary amides is 1. The number of piperidine rings is 1. The van der Waals surface area contributed by atoms with Crippen LogP contribution in [0.4, 0.5) is 4.79 Å². The Balaban J connectivity index is 1.95. The zero-order valence-corrected chi connectivity index (χ0v) is 15.3. The largest absolute Gasteiger partial charge is 0.454 e. The van der Waals surface area contributed by atoms with E-state index in [9.17, 15) is 14.4 Å². The maximum Gasteiger partial charge on any atom is 0.329 e. The van der Waals surface area contributed by atoms with Crippen molar-refractivity contribution in [3.05, 3.63) is 35.9 Å². The second-order valence-corrected chi connectivity index (χ2v) is 6.79. The highest BCUT2D eigenvalue weighted by Crippen LogP contribution is 2.22. The lowest BCUT2D eigenvalue weighted by Crippen LogP contribution is -2.50. The molecule has 7 nitrogen and oxygen atoms in total. The van der Waals surface area contributed by atoms with Crippen LogP contribution in [0.3, 0.4) is 0 Å². The molecule has 26 heavy (non-hydrogen) atoms. The highest BCUT2D eigenvalue weighted by atomic mass is 16.5. The molecule has 0 bridgehead atoms. The second kappa shape index (κ2) is 9.22. The van der Waals surface area contributed by atoms with Crippen molar-refractivity contribution in [1.82, 2.24) is 10.2 Å². The van der Waals surface area contributed by atoms with Crippen LogP contribution in [-0.4, -0.2) is 47.5 Å². The number of benzene rings is 1. The average molecular weight is 361 g/mol. The molecule has 3 atom stereocenters. The third kappa shape index (κ3) is 5.47. The Hall–Kier alpha value is -2.57. The van der Waals surface area contributed by atoms with Gasteiger partial charge in [0.2, 0.25) is 0 Å². The van der Waals surface area contributed by atoms with Crippen LogP contribution in [-0.2, 0) is 20.7 Å². The molecule has 1 aromatic carbocycles. The Morgan fingerprint density at radius 2 is 1.81 bits per heavy atom. The molecule has 0 unspecified atom stereocenters. The fourth-order valence-electron chi connectivity index (χ4n) is 3.44. The molecule has 3 N–H and O–H groups in total. The lowest BCUT2D eigenvalue weighted by Gasteiger charge is -2.38. The average Bonchev–Trinajstić information content (AvgIpc) is 2.59. The van der Waals surface area contributed by atoms with E-state index in [-0.39, 0.29) is 31.0 Å². The molecular weight excluding hydrogens is 334 g/mol. The van der Waals surface area contributed by atoms with Gasteiger partial charge in [-0.25, -0.2) is 9.59 Å². The first-order valence-electron chi connectivity index (χ1n) is 8.96. The van der Waals surface area contributed by atoms with E-state index < -0.39 is 18.0 Å². The zero-order valence-electron chi connectivity index (χ0n) is 15.3. The smallest absolute Gasteiger partial charge is 0.329 e. The van der Waals surface area contributed by atoms with E-state index in [0.717, 1.165) is 24.8 Å². The summed E-state index contributed by atoms with van der Waals surface area (Å²) in [5.41, 5.74) is 6.02. The molecule has 1 aliphatic rings. The molecule has 0 saturated carbocycles. The van der Waals surface area contributed by atoms with Gasteiger partial charge in [0.25, 0.3) is 5.91 Å². The molecule has 0 aliphatic carbocycles. The number of carbonyl (C=O) groups excluding carboxylic acids is 3. The zero-order chi connectivity index (χ0) is 19.1. The second-order valence-electron chi connectivity index (χ2n) is 6.79. The lowest BCUT2D eigenvalue weighted by molar-refractivity contribution is -0.156. The standard InChI is InChI=1S/C19H27N3O4/c1-13-7-6-8-14(2)22(13)17(23)12-26-18(24)16(21-19(20)25)11-15-9-4-3-5-10-15/h3-5,9-10,13-14,16H,6-8,11-12H2,1-2H3,(H3,20,21,25)/t13-,14-,16-/m0/s1. The van der Waals surface area contributed by atoms with Crippen LogP contribution in [0.25, 0.3) is 0 Å². The monoisotopic (exact) mass is 361 g/mol. The number of urea groups is 1. The van der Waals surface area contributed by atoms with Gasteiger partial charge in [-0.2, -0.15) is 0 Å². The van der Waals surface area contributed by atoms with Gasteiger partial charge in [-0.3, -0.25) is 4.79 Å². The van der Waals surface area contributed by atoms with Gasteiger partial charge in [0.05, 0.1) is 0 Å². The van der Waals surface area contributed by atoms with Crippen molar-refractivity contribution in [3.63, 3.8) is 0 Å². The van der Waals surface area contributed by atoms with Gasteiger partial charge in [0.1, 0.15) is 6.04 Å². The predicted octanol–water partition coefficient (Wildman–Crippen LogP) is 1.60. The van der Waals surface area contributed by atoms with Crippen molar-refractivity contribution < 1.29 is 19.1 Å². The fraction of sp³-hybridized carbons (Fsp3) is 0.526. The number of hydrogen-bond donors (Lipinski definition) is 2. The van der Waals surface area contributed by atoms with Crippen LogP contribution in [0.1, 0.15) is 38.7 Å². The number of rotatable bonds is 6. The minimum Gasteiger partial charge on any atom is -0.454 e. The maximum absolute atomic E-state index is 12.5. The van der Waals surface area contributed by atoms with E-state index in [1.807, 2.05) is 44.2 Å². The minimum atomic E-state index is -0.932. The van der Waals surface area contributed by atoms with Crippen molar-refractivity contribution >= 4 is 17.9 Å². The van der Waals surface area contributed by atoms with Gasteiger partial charge in [0, 0.05) is 18.5 Å². The summed E-state index contributed by atoms with van der Waals surface area (Å²) in [7, 11) is 0. The fourth-order valence-corrected chi connectivity index (χ4v) is 3.44. The van der Waals surface area contributed by atoms with Crippen LogP contribution in [0.5, 0.6) is 0 Å². The molecule has 1 aromatic rings. The van der Waals surface area contributed by atoms with Gasteiger partial charge in [-0.05, 0) is 38.7 Å². The summed E-state index contributed by atoms with van der Waals surface area (Å²) in [5.74, 6) is -0.881. The molecule has 142 valence electrons. The molecule has 3 amide bonds. The van der Waals surface area contributed by atoms with Crippen molar-refractivity contribution in [3.8, 4) is 0 Å². The molecule has 7 heteroatoms. The summed E-state index contributed by atoms with van der Waals surface area (Å²) in [6, 6.07) is 7.73. The number of likely N-dealkylation sites (tertiary alicyclic amines) is 1. The van der Waals surface area contributed by atoms with Crippen molar-refractivity contribution in [2.45, 2.75) is 57.7 Å². The number of amides is 3. The van der Waals surface area contributed by atoms with Crippen molar-refractivity contribution in [1.29, 1.82) is 0 Å². The molecule has 0 spiro atoms. The summed E-state index contributed by atoms with van der Waals surface area (Å²) in [6.07, 6.45) is 3.23. The number of carbonyl (C=O) groups is 3. The van der Waals surface area contributed by atoms with Crippen LogP contribution in [0.2, 0.25) is 0 Å². The van der Waals surface area contributed by atoms with Crippen molar-refractivity contribution in [2.24, 2.45) is 5.73 Å². The van der Waals surface area contributed by atoms with Gasteiger partial charge in [0.15, 0.2) is 6.61 Å². The minimum absolute atomic E-state index is 0.133. The highest BCUT2D eigenvalue weighted by molar-refractivity contribution is 5.86. The molecule has 0 radical (unpaired) electrons. The van der Waals surface area contributed by atoms with Crippen molar-refractivity contribution in [2.75, 3.05) is 6.61 Å². The van der Waals surface area contributed by atoms with Crippen LogP contribution in [0, 0.1) is 0 Å². The van der Waals surface area contributed by atoms with E-state index in [4.69, 9.17) is 10.5 Å². The summed E-state index contributed by atoms with van der Waals surface area (Å²) in [6.45, 7) is 3.67. The third-order valence-corrected chi connectivity index (χ3v) is 4.70. The van der Waals surface area contributed by atoms with Gasteiger partial charge in [-0.15, -0.1) is 0 Å². The molecule has 1 fully saturated rings. The molecule has 1 saturated heterocycles.